The number of carbonyl (C=O) groups excluding carboxylic acids is 1. The fourth-order valence-corrected chi connectivity index (χ4v) is 5.43. The number of hydrogen-bond donors (Lipinski definition) is 0. The zero-order valence-corrected chi connectivity index (χ0v) is 17.8. The van der Waals surface area contributed by atoms with Crippen LogP contribution < -0.4 is 14.2 Å². The summed E-state index contributed by atoms with van der Waals surface area (Å²) in [5.74, 6) is 2.66. The van der Waals surface area contributed by atoms with Gasteiger partial charge in [-0.05, 0) is 60.7 Å². The van der Waals surface area contributed by atoms with Crippen LogP contribution in [0.1, 0.15) is 55.3 Å². The number of carbonyl (C=O) groups is 1. The van der Waals surface area contributed by atoms with Gasteiger partial charge < -0.3 is 19.1 Å². The summed E-state index contributed by atoms with van der Waals surface area (Å²) in [4.78, 5) is 15.5. The first-order valence-electron chi connectivity index (χ1n) is 11.0. The molecular weight excluding hydrogens is 378 g/mol. The molecule has 1 fully saturated rings. The third-order valence-electron chi connectivity index (χ3n) is 7.07. The van der Waals surface area contributed by atoms with Gasteiger partial charge in [0.05, 0.1) is 19.6 Å². The smallest absolute Gasteiger partial charge is 0.227 e. The van der Waals surface area contributed by atoms with Crippen LogP contribution in [0.4, 0.5) is 0 Å². The molecule has 5 nitrogen and oxygen atoms in total. The lowest BCUT2D eigenvalue weighted by Gasteiger charge is -2.46. The molecule has 5 heteroatoms. The third kappa shape index (κ3) is 3.21. The predicted octanol–water partition coefficient (Wildman–Crippen LogP) is 4.42. The van der Waals surface area contributed by atoms with E-state index in [9.17, 15) is 4.79 Å². The van der Waals surface area contributed by atoms with Crippen LogP contribution in [0.3, 0.4) is 0 Å². The van der Waals surface area contributed by atoms with Crippen molar-refractivity contribution in [1.82, 2.24) is 4.90 Å². The Hall–Kier alpha value is -2.69. The molecule has 1 atom stereocenters. The molecule has 0 radical (unpaired) electrons. The quantitative estimate of drug-likeness (QED) is 0.756. The highest BCUT2D eigenvalue weighted by atomic mass is 16.6. The van der Waals surface area contributed by atoms with E-state index in [0.717, 1.165) is 42.2 Å². The number of methoxy groups -OCH3 is 1. The Morgan fingerprint density at radius 3 is 2.43 bits per heavy atom. The van der Waals surface area contributed by atoms with E-state index in [-0.39, 0.29) is 17.4 Å². The second kappa shape index (κ2) is 7.53. The van der Waals surface area contributed by atoms with Crippen molar-refractivity contribution in [3.63, 3.8) is 0 Å². The number of rotatable bonds is 3. The number of hydrogen-bond acceptors (Lipinski definition) is 4. The second-order valence-electron chi connectivity index (χ2n) is 8.79. The molecule has 158 valence electrons. The number of nitrogens with zero attached hydrogens (tertiary/aromatic N) is 1. The number of fused-ring (bicyclic) bond motifs is 3. The van der Waals surface area contributed by atoms with Gasteiger partial charge in [0.15, 0.2) is 11.5 Å². The van der Waals surface area contributed by atoms with Crippen molar-refractivity contribution in [3.8, 4) is 17.2 Å². The maximum absolute atomic E-state index is 13.4. The SMILES string of the molecule is COc1ccc(CC(=O)N2CC3(CCCC3)c3cc4c(cc3C2C)OCCO4)cc1. The van der Waals surface area contributed by atoms with Crippen LogP contribution >= 0.6 is 0 Å². The molecule has 1 saturated carbocycles. The Morgan fingerprint density at radius 1 is 1.10 bits per heavy atom. The summed E-state index contributed by atoms with van der Waals surface area (Å²) in [7, 11) is 1.65. The molecule has 1 aliphatic carbocycles. The van der Waals surface area contributed by atoms with Crippen molar-refractivity contribution in [1.29, 1.82) is 0 Å². The highest BCUT2D eigenvalue weighted by Gasteiger charge is 2.46. The highest BCUT2D eigenvalue weighted by molar-refractivity contribution is 5.80. The van der Waals surface area contributed by atoms with Gasteiger partial charge in [-0.15, -0.1) is 0 Å². The average molecular weight is 408 g/mol. The summed E-state index contributed by atoms with van der Waals surface area (Å²) < 4.78 is 17.0. The summed E-state index contributed by atoms with van der Waals surface area (Å²) in [6, 6.07) is 12.1. The summed E-state index contributed by atoms with van der Waals surface area (Å²) in [6.45, 7) is 4.10. The summed E-state index contributed by atoms with van der Waals surface area (Å²) in [5, 5.41) is 0. The van der Waals surface area contributed by atoms with Crippen LogP contribution in [0.25, 0.3) is 0 Å². The maximum Gasteiger partial charge on any atom is 0.227 e. The van der Waals surface area contributed by atoms with Crippen LogP contribution in [0.15, 0.2) is 36.4 Å². The van der Waals surface area contributed by atoms with Crippen LogP contribution in [0.5, 0.6) is 17.2 Å². The third-order valence-corrected chi connectivity index (χ3v) is 7.07. The van der Waals surface area contributed by atoms with Crippen molar-refractivity contribution >= 4 is 5.91 Å². The molecule has 2 aromatic rings. The second-order valence-corrected chi connectivity index (χ2v) is 8.79. The van der Waals surface area contributed by atoms with Gasteiger partial charge in [-0.2, -0.15) is 0 Å². The molecule has 2 heterocycles. The molecule has 0 bridgehead atoms. The van der Waals surface area contributed by atoms with E-state index in [1.54, 1.807) is 7.11 Å². The number of benzene rings is 2. The fourth-order valence-electron chi connectivity index (χ4n) is 5.43. The van der Waals surface area contributed by atoms with E-state index in [1.807, 2.05) is 24.3 Å². The lowest BCUT2D eigenvalue weighted by atomic mass is 9.71. The summed E-state index contributed by atoms with van der Waals surface area (Å²) in [6.07, 6.45) is 5.08. The minimum Gasteiger partial charge on any atom is -0.497 e. The molecule has 2 aromatic carbocycles. The Labute approximate surface area is 177 Å². The van der Waals surface area contributed by atoms with Crippen LogP contribution in [-0.2, 0) is 16.6 Å². The van der Waals surface area contributed by atoms with Crippen LogP contribution in [0, 0.1) is 0 Å². The van der Waals surface area contributed by atoms with Gasteiger partial charge in [0, 0.05) is 12.0 Å². The minimum atomic E-state index is 0.0211. The molecular formula is C25H29NO4. The number of ether oxygens (including phenoxy) is 3. The van der Waals surface area contributed by atoms with Gasteiger partial charge in [-0.1, -0.05) is 25.0 Å². The van der Waals surface area contributed by atoms with E-state index in [1.165, 1.54) is 24.0 Å². The lowest BCUT2D eigenvalue weighted by molar-refractivity contribution is -0.134. The molecule has 2 aliphatic heterocycles. The average Bonchev–Trinajstić information content (AvgIpc) is 3.25. The first-order chi connectivity index (χ1) is 14.6. The van der Waals surface area contributed by atoms with E-state index < -0.39 is 0 Å². The Bertz CT molecular complexity index is 946. The van der Waals surface area contributed by atoms with Crippen LogP contribution in [-0.4, -0.2) is 37.7 Å². The van der Waals surface area contributed by atoms with Crippen molar-refractivity contribution in [2.75, 3.05) is 26.9 Å². The van der Waals surface area contributed by atoms with Gasteiger partial charge >= 0.3 is 0 Å². The molecule has 1 spiro atoms. The molecule has 1 unspecified atom stereocenters. The fraction of sp³-hybridized carbons (Fsp3) is 0.480. The molecule has 30 heavy (non-hydrogen) atoms. The first-order valence-corrected chi connectivity index (χ1v) is 11.0. The molecule has 0 N–H and O–H groups in total. The molecule has 5 rings (SSSR count). The van der Waals surface area contributed by atoms with E-state index in [0.29, 0.717) is 19.6 Å². The standard InChI is InChI=1S/C25H29NO4/c1-17-20-14-22-23(30-12-11-29-22)15-21(20)25(9-3-4-10-25)16-26(17)24(27)13-18-5-7-19(28-2)8-6-18/h5-8,14-15,17H,3-4,9-13,16H2,1-2H3. The van der Waals surface area contributed by atoms with Crippen molar-refractivity contribution in [3.05, 3.63) is 53.1 Å². The monoisotopic (exact) mass is 407 g/mol. The van der Waals surface area contributed by atoms with Crippen molar-refractivity contribution in [2.45, 2.75) is 50.5 Å². The molecule has 3 aliphatic rings. The number of amides is 1. The first kappa shape index (κ1) is 19.3. The Morgan fingerprint density at radius 2 is 1.77 bits per heavy atom. The Kier molecular flexibility index (Phi) is 4.84. The van der Waals surface area contributed by atoms with E-state index in [2.05, 4.69) is 24.0 Å². The largest absolute Gasteiger partial charge is 0.497 e. The predicted molar refractivity (Wildman–Crippen MR) is 114 cm³/mol. The van der Waals surface area contributed by atoms with Gasteiger partial charge in [0.1, 0.15) is 19.0 Å². The molecule has 0 aromatic heterocycles. The normalized spacial score (nSPS) is 21.4. The van der Waals surface area contributed by atoms with Crippen molar-refractivity contribution in [2.24, 2.45) is 0 Å². The minimum absolute atomic E-state index is 0.0211. The Balaban J connectivity index is 1.48. The topological polar surface area (TPSA) is 48.0 Å². The summed E-state index contributed by atoms with van der Waals surface area (Å²) in [5.41, 5.74) is 3.63. The van der Waals surface area contributed by atoms with Gasteiger partial charge in [0.25, 0.3) is 0 Å². The molecule has 0 saturated heterocycles. The van der Waals surface area contributed by atoms with E-state index in [4.69, 9.17) is 14.2 Å². The van der Waals surface area contributed by atoms with Crippen LogP contribution in [0.2, 0.25) is 0 Å². The molecule has 1 amide bonds. The van der Waals surface area contributed by atoms with Gasteiger partial charge in [-0.25, -0.2) is 0 Å². The summed E-state index contributed by atoms with van der Waals surface area (Å²) >= 11 is 0. The highest BCUT2D eigenvalue weighted by Crippen LogP contribution is 2.52. The van der Waals surface area contributed by atoms with Gasteiger partial charge in [-0.3, -0.25) is 4.79 Å². The lowest BCUT2D eigenvalue weighted by Crippen LogP contribution is -2.49. The zero-order valence-electron chi connectivity index (χ0n) is 17.8. The van der Waals surface area contributed by atoms with Crippen molar-refractivity contribution < 1.29 is 19.0 Å². The maximum atomic E-state index is 13.4. The van der Waals surface area contributed by atoms with Gasteiger partial charge in [0.2, 0.25) is 5.91 Å². The zero-order chi connectivity index (χ0) is 20.7. The van der Waals surface area contributed by atoms with E-state index >= 15 is 0 Å².